The summed E-state index contributed by atoms with van der Waals surface area (Å²) in [4.78, 5) is 0. The number of hydrogen-bond acceptors (Lipinski definition) is 2. The second kappa shape index (κ2) is 15.8. The molecule has 0 aliphatic heterocycles. The van der Waals surface area contributed by atoms with E-state index in [9.17, 15) is 5.26 Å². The molecule has 5 aromatic carbocycles. The SMILES string of the molecule is C=C/C=C(\C=C)C1(c2ccccc2)c2ccccc2-c2ccc(NC3=C=C(C=c4/c(=C\C=C)n(-c5ccccc5)c5cc(C#N)ccc45)C=C3C(=C)C/C=C\C)cc21. The molecule has 8 rings (SSSR count). The molecule has 2 aliphatic carbocycles. The van der Waals surface area contributed by atoms with Crippen molar-refractivity contribution in [2.24, 2.45) is 0 Å². The van der Waals surface area contributed by atoms with Gasteiger partial charge >= 0.3 is 0 Å². The highest BCUT2D eigenvalue weighted by atomic mass is 15.0. The standard InChI is InChI=1S/C55H43N3/c1-6-10-21-38(5)48-32-40(33-49-47-30-28-39(37-56)35-54(47)58(53(49)20-8-3)44-24-15-12-16-25-44)34-52(48)57-43-29-31-46-45-26-17-18-27-50(45)55(51(46)36-43,41(9-4)19-7-2)42-22-13-11-14-23-42/h6-20,22-33,35-36,57H,2-5,21H2,1H3/b10-6-,41-19+,49-33?,53-20+. The second-order valence-corrected chi connectivity index (χ2v) is 14.4. The third-order valence-electron chi connectivity index (χ3n) is 11.1. The topological polar surface area (TPSA) is 40.8 Å². The summed E-state index contributed by atoms with van der Waals surface area (Å²) < 4.78 is 2.19. The van der Waals surface area contributed by atoms with Crippen LogP contribution in [-0.2, 0) is 5.41 Å². The predicted octanol–water partition coefficient (Wildman–Crippen LogP) is 11.8. The van der Waals surface area contributed by atoms with Gasteiger partial charge in [-0.1, -0.05) is 153 Å². The lowest BCUT2D eigenvalue weighted by Crippen LogP contribution is -2.29. The molecule has 278 valence electrons. The molecule has 6 aromatic rings. The molecule has 1 aromatic heterocycles. The van der Waals surface area contributed by atoms with E-state index in [1.54, 1.807) is 0 Å². The Morgan fingerprint density at radius 1 is 0.845 bits per heavy atom. The zero-order valence-electron chi connectivity index (χ0n) is 32.7. The van der Waals surface area contributed by atoms with E-state index in [1.807, 2.05) is 67.6 Å². The van der Waals surface area contributed by atoms with Crippen LogP contribution < -0.4 is 15.9 Å². The van der Waals surface area contributed by atoms with Crippen LogP contribution in [-0.4, -0.2) is 4.57 Å². The van der Waals surface area contributed by atoms with E-state index >= 15 is 0 Å². The summed E-state index contributed by atoms with van der Waals surface area (Å²) in [5.41, 5.74) is 17.3. The number of benzene rings is 5. The Morgan fingerprint density at radius 2 is 1.59 bits per heavy atom. The Hall–Kier alpha value is -7.63. The average Bonchev–Trinajstić information content (AvgIpc) is 3.90. The number of nitrogens with one attached hydrogen (secondary N) is 1. The lowest BCUT2D eigenvalue weighted by molar-refractivity contribution is 0.768. The van der Waals surface area contributed by atoms with E-state index in [4.69, 9.17) is 0 Å². The number of para-hydroxylation sites is 1. The molecule has 1 unspecified atom stereocenters. The van der Waals surface area contributed by atoms with E-state index in [0.29, 0.717) is 12.0 Å². The third kappa shape index (κ3) is 6.29. The van der Waals surface area contributed by atoms with Gasteiger partial charge in [-0.05, 0) is 107 Å². The molecule has 3 nitrogen and oxygen atoms in total. The molecule has 0 bridgehead atoms. The minimum absolute atomic E-state index is 0.599. The summed E-state index contributed by atoms with van der Waals surface area (Å²) >= 11 is 0. The minimum Gasteiger partial charge on any atom is -0.349 e. The zero-order chi connectivity index (χ0) is 40.2. The number of fused-ring (bicyclic) bond motifs is 4. The first-order chi connectivity index (χ1) is 28.5. The van der Waals surface area contributed by atoms with Crippen LogP contribution in [0, 0.1) is 11.3 Å². The van der Waals surface area contributed by atoms with Crippen molar-refractivity contribution in [1.82, 2.24) is 4.57 Å². The van der Waals surface area contributed by atoms with Gasteiger partial charge in [0.05, 0.1) is 33.6 Å². The highest BCUT2D eigenvalue weighted by Gasteiger charge is 2.46. The molecule has 1 atom stereocenters. The van der Waals surface area contributed by atoms with Gasteiger partial charge in [0, 0.05) is 33.1 Å². The van der Waals surface area contributed by atoms with Crippen LogP contribution >= 0.6 is 0 Å². The lowest BCUT2D eigenvalue weighted by atomic mass is 9.67. The summed E-state index contributed by atoms with van der Waals surface area (Å²) in [7, 11) is 0. The maximum atomic E-state index is 9.86. The van der Waals surface area contributed by atoms with Gasteiger partial charge in [-0.3, -0.25) is 0 Å². The molecule has 0 radical (unpaired) electrons. The van der Waals surface area contributed by atoms with Crippen LogP contribution in [0.25, 0.3) is 39.9 Å². The second-order valence-electron chi connectivity index (χ2n) is 14.4. The summed E-state index contributed by atoms with van der Waals surface area (Å²) in [6, 6.07) is 44.4. The molecule has 1 N–H and O–H groups in total. The average molecular weight is 746 g/mol. The van der Waals surface area contributed by atoms with E-state index in [1.165, 1.54) is 22.3 Å². The van der Waals surface area contributed by atoms with Crippen molar-refractivity contribution in [2.75, 3.05) is 5.32 Å². The van der Waals surface area contributed by atoms with Crippen LogP contribution in [0.1, 0.15) is 35.6 Å². The minimum atomic E-state index is -0.607. The first-order valence-electron chi connectivity index (χ1n) is 19.5. The summed E-state index contributed by atoms with van der Waals surface area (Å²) in [6.45, 7) is 19.0. The fraction of sp³-hybridized carbons (Fsp3) is 0.0545. The molecule has 0 saturated carbocycles. The number of nitrogens with zero attached hydrogens (tertiary/aromatic N) is 2. The van der Waals surface area contributed by atoms with Gasteiger partial charge in [0.1, 0.15) is 0 Å². The molecule has 58 heavy (non-hydrogen) atoms. The molecule has 2 aliphatic rings. The highest BCUT2D eigenvalue weighted by molar-refractivity contribution is 5.89. The molecule has 0 amide bonds. The van der Waals surface area contributed by atoms with Crippen LogP contribution in [0.2, 0.25) is 0 Å². The Labute approximate surface area is 340 Å². The molecule has 1 heterocycles. The van der Waals surface area contributed by atoms with Gasteiger partial charge < -0.3 is 9.88 Å². The third-order valence-corrected chi connectivity index (χ3v) is 11.1. The van der Waals surface area contributed by atoms with Crippen molar-refractivity contribution in [3.8, 4) is 22.9 Å². The monoisotopic (exact) mass is 745 g/mol. The molecular weight excluding hydrogens is 703 g/mol. The molecule has 0 saturated heterocycles. The molecular formula is C55H43N3. The van der Waals surface area contributed by atoms with Crippen molar-refractivity contribution >= 4 is 28.7 Å². The Kier molecular flexibility index (Phi) is 10.2. The maximum Gasteiger partial charge on any atom is 0.0992 e. The van der Waals surface area contributed by atoms with E-state index in [0.717, 1.165) is 66.4 Å². The lowest BCUT2D eigenvalue weighted by Gasteiger charge is -2.34. The summed E-state index contributed by atoms with van der Waals surface area (Å²) in [5.74, 6) is 0. The van der Waals surface area contributed by atoms with Gasteiger partial charge in [0.25, 0.3) is 0 Å². The number of aromatic nitrogens is 1. The van der Waals surface area contributed by atoms with Gasteiger partial charge in [0.15, 0.2) is 0 Å². The van der Waals surface area contributed by atoms with Crippen molar-refractivity contribution in [3.05, 3.63) is 257 Å². The number of allylic oxidation sites excluding steroid dienone is 9. The fourth-order valence-electron chi connectivity index (χ4n) is 8.59. The van der Waals surface area contributed by atoms with E-state index < -0.39 is 5.41 Å². The predicted molar refractivity (Wildman–Crippen MR) is 244 cm³/mol. The molecule has 0 fully saturated rings. The van der Waals surface area contributed by atoms with Gasteiger partial charge in [-0.2, -0.15) is 5.26 Å². The van der Waals surface area contributed by atoms with E-state index in [2.05, 4.69) is 163 Å². The van der Waals surface area contributed by atoms with Crippen molar-refractivity contribution in [2.45, 2.75) is 18.8 Å². The van der Waals surface area contributed by atoms with E-state index in [-0.39, 0.29) is 0 Å². The first kappa shape index (κ1) is 37.3. The molecule has 0 spiro atoms. The van der Waals surface area contributed by atoms with Gasteiger partial charge in [-0.25, -0.2) is 0 Å². The molecule has 3 heteroatoms. The normalized spacial score (nSPS) is 16.3. The summed E-state index contributed by atoms with van der Waals surface area (Å²) in [5, 5.41) is 16.7. The number of hydrogen-bond donors (Lipinski definition) is 1. The van der Waals surface area contributed by atoms with Crippen LogP contribution in [0.15, 0.2) is 224 Å². The quantitative estimate of drug-likeness (QED) is 0.0770. The van der Waals surface area contributed by atoms with Crippen molar-refractivity contribution in [1.29, 1.82) is 5.26 Å². The van der Waals surface area contributed by atoms with Crippen LogP contribution in [0.4, 0.5) is 5.69 Å². The van der Waals surface area contributed by atoms with Gasteiger partial charge in [0.2, 0.25) is 0 Å². The smallest absolute Gasteiger partial charge is 0.0992 e. The fourth-order valence-corrected chi connectivity index (χ4v) is 8.59. The van der Waals surface area contributed by atoms with Crippen LogP contribution in [0.3, 0.4) is 0 Å². The van der Waals surface area contributed by atoms with Gasteiger partial charge in [-0.15, -0.1) is 0 Å². The maximum absolute atomic E-state index is 9.86. The number of nitriles is 1. The van der Waals surface area contributed by atoms with Crippen molar-refractivity contribution in [3.63, 3.8) is 0 Å². The Morgan fingerprint density at radius 3 is 2.31 bits per heavy atom. The number of anilines is 1. The largest absolute Gasteiger partial charge is 0.349 e. The number of rotatable bonds is 12. The Balaban J connectivity index is 1.34. The van der Waals surface area contributed by atoms with Crippen molar-refractivity contribution < 1.29 is 0 Å². The summed E-state index contributed by atoms with van der Waals surface area (Å²) in [6.07, 6.45) is 19.0. The highest BCUT2D eigenvalue weighted by Crippen LogP contribution is 2.57. The van der Waals surface area contributed by atoms with Crippen LogP contribution in [0.5, 0.6) is 0 Å². The Bertz CT molecular complexity index is 3000. The first-order valence-corrected chi connectivity index (χ1v) is 19.5. The zero-order valence-corrected chi connectivity index (χ0v) is 32.7.